The summed E-state index contributed by atoms with van der Waals surface area (Å²) in [4.78, 5) is 2.10. The Morgan fingerprint density at radius 2 is 1.96 bits per heavy atom. The van der Waals surface area contributed by atoms with Crippen molar-refractivity contribution >= 4 is 5.71 Å². The second-order valence-electron chi connectivity index (χ2n) is 7.20. The molecule has 3 atom stereocenters. The van der Waals surface area contributed by atoms with E-state index in [0.717, 1.165) is 19.0 Å². The van der Waals surface area contributed by atoms with Crippen molar-refractivity contribution in [2.45, 2.75) is 19.3 Å². The molecule has 3 rings (SSSR count). The highest BCUT2D eigenvalue weighted by atomic mass is 19.2. The SMILES string of the molecule is CCCN1CC=C2C(C#N)C(=N)C(C#N)(C#N)[C@H](c3cccc(F)c3F)[C@H]2C1. The Hall–Kier alpha value is -3.08. The van der Waals surface area contributed by atoms with Crippen molar-refractivity contribution in [1.82, 2.24) is 4.90 Å². The van der Waals surface area contributed by atoms with E-state index in [2.05, 4.69) is 4.90 Å². The summed E-state index contributed by atoms with van der Waals surface area (Å²) in [6.45, 7) is 3.78. The Balaban J connectivity index is 2.27. The summed E-state index contributed by atoms with van der Waals surface area (Å²) in [5.41, 5.74) is -1.88. The van der Waals surface area contributed by atoms with Gasteiger partial charge in [-0.15, -0.1) is 0 Å². The van der Waals surface area contributed by atoms with Crippen LogP contribution in [0.4, 0.5) is 8.78 Å². The van der Waals surface area contributed by atoms with Crippen LogP contribution in [0.2, 0.25) is 0 Å². The van der Waals surface area contributed by atoms with Gasteiger partial charge in [-0.1, -0.05) is 25.1 Å². The Morgan fingerprint density at radius 1 is 1.25 bits per heavy atom. The van der Waals surface area contributed by atoms with E-state index >= 15 is 0 Å². The molecule has 0 amide bonds. The predicted molar refractivity (Wildman–Crippen MR) is 97.9 cm³/mol. The van der Waals surface area contributed by atoms with Crippen LogP contribution in [0.25, 0.3) is 0 Å². The van der Waals surface area contributed by atoms with Crippen molar-refractivity contribution in [2.75, 3.05) is 19.6 Å². The Morgan fingerprint density at radius 3 is 2.57 bits per heavy atom. The number of hydrogen-bond donors (Lipinski definition) is 1. The third kappa shape index (κ3) is 2.78. The van der Waals surface area contributed by atoms with Crippen LogP contribution in [0.3, 0.4) is 0 Å². The van der Waals surface area contributed by atoms with Crippen molar-refractivity contribution in [3.8, 4) is 18.2 Å². The Bertz CT molecular complexity index is 948. The summed E-state index contributed by atoms with van der Waals surface area (Å²) in [5.74, 6) is -4.79. The molecule has 1 aromatic carbocycles. The maximum atomic E-state index is 14.7. The number of rotatable bonds is 3. The Kier molecular flexibility index (Phi) is 5.27. The smallest absolute Gasteiger partial charge is 0.189 e. The fourth-order valence-corrected chi connectivity index (χ4v) is 4.47. The summed E-state index contributed by atoms with van der Waals surface area (Å²) in [5, 5.41) is 37.9. The van der Waals surface area contributed by atoms with E-state index in [-0.39, 0.29) is 11.3 Å². The summed E-state index contributed by atoms with van der Waals surface area (Å²) in [6.07, 6.45) is 2.73. The molecule has 1 heterocycles. The normalized spacial score (nSPS) is 26.4. The third-order valence-electron chi connectivity index (χ3n) is 5.72. The molecule has 1 aliphatic carbocycles. The van der Waals surface area contributed by atoms with Gasteiger partial charge in [0.25, 0.3) is 0 Å². The minimum absolute atomic E-state index is 0.0986. The van der Waals surface area contributed by atoms with Crippen molar-refractivity contribution in [1.29, 1.82) is 21.2 Å². The fourth-order valence-electron chi connectivity index (χ4n) is 4.47. The average Bonchev–Trinajstić information content (AvgIpc) is 2.70. The third-order valence-corrected chi connectivity index (χ3v) is 5.72. The molecule has 1 aromatic rings. The predicted octanol–water partition coefficient (Wildman–Crippen LogP) is 3.52. The molecule has 1 N–H and O–H groups in total. The van der Waals surface area contributed by atoms with Crippen LogP contribution >= 0.6 is 0 Å². The molecule has 0 spiro atoms. The first-order valence-corrected chi connectivity index (χ1v) is 9.12. The van der Waals surface area contributed by atoms with Crippen molar-refractivity contribution in [3.63, 3.8) is 0 Å². The van der Waals surface area contributed by atoms with Gasteiger partial charge in [0.15, 0.2) is 17.0 Å². The zero-order chi connectivity index (χ0) is 20.5. The van der Waals surface area contributed by atoms with E-state index in [4.69, 9.17) is 5.41 Å². The average molecular weight is 379 g/mol. The highest BCUT2D eigenvalue weighted by Gasteiger charge is 2.58. The number of halogens is 2. The number of nitrogens with one attached hydrogen (secondary N) is 1. The monoisotopic (exact) mass is 379 g/mol. The summed E-state index contributed by atoms with van der Waals surface area (Å²) < 4.78 is 28.7. The van der Waals surface area contributed by atoms with E-state index in [1.165, 1.54) is 12.1 Å². The van der Waals surface area contributed by atoms with Gasteiger partial charge in [-0.2, -0.15) is 15.8 Å². The number of hydrogen-bond acceptors (Lipinski definition) is 5. The van der Waals surface area contributed by atoms with E-state index in [9.17, 15) is 24.6 Å². The van der Waals surface area contributed by atoms with Crippen LogP contribution < -0.4 is 0 Å². The molecule has 1 unspecified atom stereocenters. The zero-order valence-electron chi connectivity index (χ0n) is 15.4. The van der Waals surface area contributed by atoms with Gasteiger partial charge in [0, 0.05) is 24.9 Å². The molecule has 0 aromatic heterocycles. The zero-order valence-corrected chi connectivity index (χ0v) is 15.4. The Labute approximate surface area is 162 Å². The summed E-state index contributed by atoms with van der Waals surface area (Å²) in [6, 6.07) is 9.49. The molecule has 28 heavy (non-hydrogen) atoms. The largest absolute Gasteiger partial charge is 0.305 e. The number of fused-ring (bicyclic) bond motifs is 1. The van der Waals surface area contributed by atoms with Crippen LogP contribution in [0.5, 0.6) is 0 Å². The van der Waals surface area contributed by atoms with Gasteiger partial charge in [-0.25, -0.2) is 8.78 Å². The second-order valence-corrected chi connectivity index (χ2v) is 7.20. The van der Waals surface area contributed by atoms with Gasteiger partial charge in [-0.05, 0) is 30.2 Å². The first-order valence-electron chi connectivity index (χ1n) is 9.12. The lowest BCUT2D eigenvalue weighted by Crippen LogP contribution is -2.53. The van der Waals surface area contributed by atoms with Gasteiger partial charge in [0.05, 0.1) is 23.9 Å². The van der Waals surface area contributed by atoms with Crippen LogP contribution in [0, 0.1) is 68.3 Å². The van der Waals surface area contributed by atoms with Crippen LogP contribution in [-0.4, -0.2) is 30.2 Å². The number of nitrogens with zero attached hydrogens (tertiary/aromatic N) is 4. The maximum Gasteiger partial charge on any atom is 0.189 e. The van der Waals surface area contributed by atoms with E-state index in [1.807, 2.05) is 31.2 Å². The molecule has 2 aliphatic rings. The van der Waals surface area contributed by atoms with Gasteiger partial charge in [0.2, 0.25) is 0 Å². The lowest BCUT2D eigenvalue weighted by Gasteiger charge is -2.47. The molecule has 0 radical (unpaired) electrons. The molecule has 5 nitrogen and oxygen atoms in total. The minimum Gasteiger partial charge on any atom is -0.305 e. The first-order chi connectivity index (χ1) is 13.4. The van der Waals surface area contributed by atoms with Crippen molar-refractivity contribution in [3.05, 3.63) is 47.0 Å². The van der Waals surface area contributed by atoms with Crippen molar-refractivity contribution in [2.24, 2.45) is 17.3 Å². The standard InChI is InChI=1S/C21H19F2N5/c1-2-7-28-8-6-13-15(9-24)20(27)21(11-25,12-26)18(16(13)10-28)14-4-3-5-17(22)19(14)23/h3-6,15-16,18,27H,2,7-8,10H2,1H3/t15?,16-,18+/m0/s1. The van der Waals surface area contributed by atoms with Gasteiger partial charge in [0.1, 0.15) is 5.92 Å². The van der Waals surface area contributed by atoms with Crippen LogP contribution in [0.1, 0.15) is 24.8 Å². The molecule has 1 fully saturated rings. The molecular formula is C21H19F2N5. The van der Waals surface area contributed by atoms with Crippen molar-refractivity contribution < 1.29 is 8.78 Å². The summed E-state index contributed by atoms with van der Waals surface area (Å²) in [7, 11) is 0. The molecule has 142 valence electrons. The topological polar surface area (TPSA) is 98.5 Å². The molecule has 1 aliphatic heterocycles. The lowest BCUT2D eigenvalue weighted by molar-refractivity contribution is 0.202. The molecule has 0 bridgehead atoms. The van der Waals surface area contributed by atoms with Gasteiger partial charge >= 0.3 is 0 Å². The number of benzene rings is 1. The molecular weight excluding hydrogens is 360 g/mol. The van der Waals surface area contributed by atoms with Gasteiger partial charge in [-0.3, -0.25) is 4.90 Å². The minimum atomic E-state index is -2.04. The highest BCUT2D eigenvalue weighted by molar-refractivity contribution is 6.00. The number of nitriles is 3. The lowest BCUT2D eigenvalue weighted by atomic mass is 9.54. The second kappa shape index (κ2) is 7.50. The molecule has 7 heteroatoms. The van der Waals surface area contributed by atoms with E-state index in [1.54, 1.807) is 0 Å². The van der Waals surface area contributed by atoms with Gasteiger partial charge < -0.3 is 5.41 Å². The molecule has 1 saturated carbocycles. The molecule has 0 saturated heterocycles. The quantitative estimate of drug-likeness (QED) is 0.812. The fraction of sp³-hybridized carbons (Fsp3) is 0.429. The van der Waals surface area contributed by atoms with E-state index in [0.29, 0.717) is 18.7 Å². The highest BCUT2D eigenvalue weighted by Crippen LogP contribution is 2.53. The summed E-state index contributed by atoms with van der Waals surface area (Å²) >= 11 is 0. The first kappa shape index (κ1) is 19.7. The van der Waals surface area contributed by atoms with Crippen LogP contribution in [0.15, 0.2) is 29.8 Å². The maximum absolute atomic E-state index is 14.7. The van der Waals surface area contributed by atoms with E-state index < -0.39 is 34.8 Å². The van der Waals surface area contributed by atoms with Crippen LogP contribution in [-0.2, 0) is 0 Å².